The molecule has 3 amide bonds. The molecule has 0 bridgehead atoms. The number of pyridine rings is 1. The van der Waals surface area contributed by atoms with E-state index in [0.717, 1.165) is 21.4 Å². The van der Waals surface area contributed by atoms with Gasteiger partial charge in [0.25, 0.3) is 5.91 Å². The van der Waals surface area contributed by atoms with E-state index in [4.69, 9.17) is 23.2 Å². The Morgan fingerprint density at radius 3 is 2.48 bits per heavy atom. The minimum absolute atomic E-state index is 0.123. The van der Waals surface area contributed by atoms with Crippen LogP contribution in [0, 0.1) is 0 Å². The summed E-state index contributed by atoms with van der Waals surface area (Å²) in [5, 5.41) is 1.71. The Bertz CT molecular complexity index is 904. The molecule has 27 heavy (non-hydrogen) atoms. The summed E-state index contributed by atoms with van der Waals surface area (Å²) in [4.78, 5) is 31.6. The van der Waals surface area contributed by atoms with Gasteiger partial charge in [-0.15, -0.1) is 0 Å². The smallest absolute Gasteiger partial charge is 0.271 e. The molecule has 3 heterocycles. The maximum atomic E-state index is 13.5. The van der Waals surface area contributed by atoms with Crippen molar-refractivity contribution in [3.05, 3.63) is 56.7 Å². The first kappa shape index (κ1) is 18.7. The molecule has 0 saturated carbocycles. The van der Waals surface area contributed by atoms with Gasteiger partial charge in [-0.1, -0.05) is 51.3 Å². The second-order valence-electron chi connectivity index (χ2n) is 6.58. The number of urea groups is 1. The third-order valence-electron chi connectivity index (χ3n) is 4.86. The molecular formula is C18H15BrCl2N4O2. The van der Waals surface area contributed by atoms with Crippen LogP contribution in [-0.2, 0) is 11.2 Å². The molecule has 0 spiro atoms. The first-order chi connectivity index (χ1) is 12.9. The minimum atomic E-state index is -0.981. The second-order valence-corrected chi connectivity index (χ2v) is 8.27. The van der Waals surface area contributed by atoms with Gasteiger partial charge in [0.1, 0.15) is 15.8 Å². The van der Waals surface area contributed by atoms with Gasteiger partial charge < -0.3 is 0 Å². The van der Waals surface area contributed by atoms with Gasteiger partial charge in [0.2, 0.25) is 0 Å². The van der Waals surface area contributed by atoms with Gasteiger partial charge in [-0.25, -0.2) is 25.1 Å². The molecule has 1 N–H and O–H groups in total. The number of carbonyl (C=O) groups excluding carboxylic acids is 2. The van der Waals surface area contributed by atoms with Gasteiger partial charge in [-0.3, -0.25) is 4.79 Å². The highest BCUT2D eigenvalue weighted by Gasteiger charge is 2.59. The van der Waals surface area contributed by atoms with Crippen molar-refractivity contribution in [2.45, 2.75) is 24.8 Å². The van der Waals surface area contributed by atoms with E-state index in [1.54, 1.807) is 0 Å². The molecule has 9 heteroatoms. The van der Waals surface area contributed by atoms with Crippen molar-refractivity contribution in [2.24, 2.45) is 0 Å². The highest BCUT2D eigenvalue weighted by atomic mass is 79.9. The van der Waals surface area contributed by atoms with E-state index in [1.807, 2.05) is 24.3 Å². The van der Waals surface area contributed by atoms with E-state index >= 15 is 0 Å². The third-order valence-corrected chi connectivity index (χ3v) is 5.78. The number of hydrogen-bond donors (Lipinski definition) is 1. The van der Waals surface area contributed by atoms with Gasteiger partial charge in [0.05, 0.1) is 5.69 Å². The van der Waals surface area contributed by atoms with Crippen LogP contribution >= 0.6 is 39.1 Å². The van der Waals surface area contributed by atoms with Crippen molar-refractivity contribution in [3.63, 3.8) is 0 Å². The highest BCUT2D eigenvalue weighted by Crippen LogP contribution is 2.39. The largest absolute Gasteiger partial charge is 0.346 e. The number of nitrogens with one attached hydrogen (secondary N) is 1. The molecule has 0 radical (unpaired) electrons. The maximum Gasteiger partial charge on any atom is 0.346 e. The van der Waals surface area contributed by atoms with Gasteiger partial charge in [0, 0.05) is 17.4 Å². The van der Waals surface area contributed by atoms with Gasteiger partial charge >= 0.3 is 6.03 Å². The fourth-order valence-corrected chi connectivity index (χ4v) is 4.39. The summed E-state index contributed by atoms with van der Waals surface area (Å²) in [6.45, 7) is 0.632. The number of hydrogen-bond acceptors (Lipinski definition) is 4. The van der Waals surface area contributed by atoms with Crippen LogP contribution in [0.15, 0.2) is 40.9 Å². The summed E-state index contributed by atoms with van der Waals surface area (Å²) in [6, 6.07) is 10.2. The van der Waals surface area contributed by atoms with Gasteiger partial charge in [0.15, 0.2) is 0 Å². The maximum absolute atomic E-state index is 13.5. The summed E-state index contributed by atoms with van der Waals surface area (Å²) >= 11 is 15.4. The Morgan fingerprint density at radius 1 is 1.15 bits per heavy atom. The molecule has 2 saturated heterocycles. The number of anilines is 1. The summed E-state index contributed by atoms with van der Waals surface area (Å²) in [5.74, 6) is -0.291. The number of fused-ring (bicyclic) bond motifs is 1. The van der Waals surface area contributed by atoms with E-state index in [-0.39, 0.29) is 16.2 Å². The molecule has 2 fully saturated rings. The number of carbonyl (C=O) groups is 2. The number of imide groups is 1. The van der Waals surface area contributed by atoms with Crippen molar-refractivity contribution in [3.8, 4) is 0 Å². The lowest BCUT2D eigenvalue weighted by Gasteiger charge is -2.39. The summed E-state index contributed by atoms with van der Waals surface area (Å²) in [6.07, 6.45) is 1.78. The molecule has 1 aromatic carbocycles. The van der Waals surface area contributed by atoms with Gasteiger partial charge in [-0.05, 0) is 42.7 Å². The molecule has 1 atom stereocenters. The third kappa shape index (κ3) is 3.23. The van der Waals surface area contributed by atoms with E-state index in [9.17, 15) is 9.59 Å². The summed E-state index contributed by atoms with van der Waals surface area (Å²) in [7, 11) is 0. The van der Waals surface area contributed by atoms with Crippen molar-refractivity contribution in [1.29, 1.82) is 0 Å². The molecule has 6 nitrogen and oxygen atoms in total. The van der Waals surface area contributed by atoms with Crippen LogP contribution in [0.5, 0.6) is 0 Å². The Labute approximate surface area is 174 Å². The van der Waals surface area contributed by atoms with E-state index in [0.29, 0.717) is 25.1 Å². The van der Waals surface area contributed by atoms with Crippen LogP contribution in [0.3, 0.4) is 0 Å². The Morgan fingerprint density at radius 2 is 1.81 bits per heavy atom. The summed E-state index contributed by atoms with van der Waals surface area (Å²) < 4.78 is 0.957. The lowest BCUT2D eigenvalue weighted by atomic mass is 9.84. The van der Waals surface area contributed by atoms with Crippen molar-refractivity contribution in [2.75, 3.05) is 11.4 Å². The molecule has 0 aliphatic carbocycles. The molecule has 140 valence electrons. The number of benzene rings is 1. The fraction of sp³-hybridized carbons (Fsp3) is 0.278. The van der Waals surface area contributed by atoms with Crippen LogP contribution in [0.25, 0.3) is 0 Å². The van der Waals surface area contributed by atoms with Crippen LogP contribution in [0.2, 0.25) is 10.3 Å². The van der Waals surface area contributed by atoms with Crippen molar-refractivity contribution in [1.82, 2.24) is 15.4 Å². The lowest BCUT2D eigenvalue weighted by molar-refractivity contribution is -0.127. The zero-order valence-corrected chi connectivity index (χ0v) is 17.2. The molecule has 2 aliphatic rings. The standard InChI is InChI=1S/C18H15BrCl2N4O2/c19-12-4-2-11(3-5-12)10-18-6-1-7-22-25(18)17(27)24(16(18)26)13-8-14(20)23-15(21)9-13/h2-5,8-9,22H,1,6-7,10H2. The topological polar surface area (TPSA) is 65.5 Å². The van der Waals surface area contributed by atoms with Crippen LogP contribution in [-0.4, -0.2) is 34.0 Å². The predicted molar refractivity (Wildman–Crippen MR) is 107 cm³/mol. The van der Waals surface area contributed by atoms with Crippen LogP contribution < -0.4 is 10.3 Å². The van der Waals surface area contributed by atoms with Crippen molar-refractivity contribution < 1.29 is 9.59 Å². The number of halogens is 3. The highest BCUT2D eigenvalue weighted by molar-refractivity contribution is 9.10. The van der Waals surface area contributed by atoms with E-state index in [1.165, 1.54) is 17.1 Å². The van der Waals surface area contributed by atoms with Gasteiger partial charge in [-0.2, -0.15) is 0 Å². The first-order valence-electron chi connectivity index (χ1n) is 8.40. The Hall–Kier alpha value is -1.67. The van der Waals surface area contributed by atoms with Crippen LogP contribution in [0.1, 0.15) is 18.4 Å². The molecular weight excluding hydrogens is 455 g/mol. The average molecular weight is 470 g/mol. The molecule has 2 aliphatic heterocycles. The Kier molecular flexibility index (Phi) is 4.88. The summed E-state index contributed by atoms with van der Waals surface area (Å²) in [5.41, 5.74) is 3.41. The van der Waals surface area contributed by atoms with Crippen LogP contribution in [0.4, 0.5) is 10.5 Å². The second kappa shape index (κ2) is 7.05. The zero-order valence-electron chi connectivity index (χ0n) is 14.1. The van der Waals surface area contributed by atoms with Crippen molar-refractivity contribution >= 4 is 56.8 Å². The normalized spacial score (nSPS) is 22.3. The quantitative estimate of drug-likeness (QED) is 0.540. The SMILES string of the molecule is O=C1N(c2cc(Cl)nc(Cl)c2)C(=O)C2(Cc3ccc(Br)cc3)CCCNN12. The average Bonchev–Trinajstić information content (AvgIpc) is 2.84. The van der Waals surface area contributed by atoms with E-state index < -0.39 is 11.6 Å². The number of nitrogens with zero attached hydrogens (tertiary/aromatic N) is 3. The minimum Gasteiger partial charge on any atom is -0.271 e. The number of hydrazine groups is 1. The number of amides is 3. The first-order valence-corrected chi connectivity index (χ1v) is 9.95. The fourth-order valence-electron chi connectivity index (χ4n) is 3.68. The number of rotatable bonds is 3. The molecule has 1 aromatic heterocycles. The zero-order chi connectivity index (χ0) is 19.2. The molecule has 2 aromatic rings. The molecule has 1 unspecified atom stereocenters. The number of aromatic nitrogens is 1. The van der Waals surface area contributed by atoms with E-state index in [2.05, 4.69) is 26.3 Å². The predicted octanol–water partition coefficient (Wildman–Crippen LogP) is 4.20. The molecule has 4 rings (SSSR count). The lowest BCUT2D eigenvalue weighted by Crippen LogP contribution is -2.60. The monoisotopic (exact) mass is 468 g/mol. The Balaban J connectivity index is 1.76.